The van der Waals surface area contributed by atoms with E-state index in [-0.39, 0.29) is 36.7 Å². The number of carbonyl (C=O) groups excluding carboxylic acids is 1. The molecule has 1 heterocycles. The zero-order valence-electron chi connectivity index (χ0n) is 12.3. The van der Waals surface area contributed by atoms with E-state index in [9.17, 15) is 13.6 Å². The number of carbonyl (C=O) groups is 1. The fourth-order valence-electron chi connectivity index (χ4n) is 2.24. The Morgan fingerprint density at radius 2 is 2.19 bits per heavy atom. The lowest BCUT2D eigenvalue weighted by Crippen LogP contribution is -2.35. The minimum atomic E-state index is -2.67. The molecule has 0 aliphatic heterocycles. The van der Waals surface area contributed by atoms with Gasteiger partial charge >= 0.3 is 0 Å². The van der Waals surface area contributed by atoms with Gasteiger partial charge in [-0.05, 0) is 5.41 Å². The van der Waals surface area contributed by atoms with Gasteiger partial charge in [0.25, 0.3) is 5.92 Å². The predicted octanol–water partition coefficient (Wildman–Crippen LogP) is 3.19. The van der Waals surface area contributed by atoms with Crippen molar-refractivity contribution in [2.45, 2.75) is 45.1 Å². The van der Waals surface area contributed by atoms with Crippen molar-refractivity contribution in [2.75, 3.05) is 12.4 Å². The molecule has 1 fully saturated rings. The smallest absolute Gasteiger partial charge is 0.253 e. The van der Waals surface area contributed by atoms with Gasteiger partial charge in [0.05, 0.1) is 6.54 Å². The molecule has 0 radical (unpaired) electrons. The molecule has 1 aromatic rings. The van der Waals surface area contributed by atoms with Crippen LogP contribution in [0.4, 0.5) is 8.78 Å². The van der Waals surface area contributed by atoms with E-state index in [2.05, 4.69) is 5.16 Å². The molecule has 0 bridgehead atoms. The van der Waals surface area contributed by atoms with Crippen LogP contribution >= 0.6 is 11.6 Å². The van der Waals surface area contributed by atoms with Gasteiger partial charge in [-0.25, -0.2) is 8.78 Å². The monoisotopic (exact) mass is 320 g/mol. The largest absolute Gasteiger partial charge is 0.364 e. The van der Waals surface area contributed by atoms with Crippen LogP contribution < -0.4 is 0 Å². The molecule has 2 rings (SSSR count). The van der Waals surface area contributed by atoms with Crippen LogP contribution in [0.25, 0.3) is 0 Å². The first kappa shape index (κ1) is 16.2. The Kier molecular flexibility index (Phi) is 4.29. The molecule has 1 atom stereocenters. The molecule has 1 unspecified atom stereocenters. The molecule has 4 nitrogen and oxygen atoms in total. The number of hydrogen-bond acceptors (Lipinski definition) is 3. The third kappa shape index (κ3) is 3.73. The normalized spacial score (nSPS) is 20.4. The van der Waals surface area contributed by atoms with Crippen LogP contribution in [0.3, 0.4) is 0 Å². The summed E-state index contributed by atoms with van der Waals surface area (Å²) in [6.07, 6.45) is 1.36. The first-order valence-corrected chi connectivity index (χ1v) is 7.34. The average Bonchev–Trinajstić information content (AvgIpc) is 2.77. The maximum atomic E-state index is 13.1. The lowest BCUT2D eigenvalue weighted by Gasteiger charge is -2.23. The van der Waals surface area contributed by atoms with E-state index in [0.717, 1.165) is 5.56 Å². The van der Waals surface area contributed by atoms with Gasteiger partial charge in [0.15, 0.2) is 0 Å². The molecule has 118 valence electrons. The summed E-state index contributed by atoms with van der Waals surface area (Å²) in [6.45, 7) is 6.11. The summed E-state index contributed by atoms with van der Waals surface area (Å²) in [5.41, 5.74) is 1.25. The third-order valence-corrected chi connectivity index (χ3v) is 3.89. The summed E-state index contributed by atoms with van der Waals surface area (Å²) in [7, 11) is 0. The lowest BCUT2D eigenvalue weighted by atomic mass is 9.87. The van der Waals surface area contributed by atoms with Gasteiger partial charge < -0.3 is 9.42 Å². The third-order valence-electron chi connectivity index (χ3n) is 3.66. The van der Waals surface area contributed by atoms with Crippen LogP contribution in [0, 0.1) is 5.92 Å². The SMILES string of the molecule is CC(C)(C)c1conc1CN(CC1CC1(F)F)C(=O)CCl. The average molecular weight is 321 g/mol. The Morgan fingerprint density at radius 3 is 2.67 bits per heavy atom. The van der Waals surface area contributed by atoms with Crippen molar-refractivity contribution in [3.8, 4) is 0 Å². The molecule has 0 saturated heterocycles. The van der Waals surface area contributed by atoms with Crippen LogP contribution in [0.15, 0.2) is 10.8 Å². The van der Waals surface area contributed by atoms with Gasteiger partial charge in [-0.15, -0.1) is 11.6 Å². The Morgan fingerprint density at radius 1 is 1.57 bits per heavy atom. The van der Waals surface area contributed by atoms with E-state index >= 15 is 0 Å². The summed E-state index contributed by atoms with van der Waals surface area (Å²) < 4.78 is 31.1. The second-order valence-corrected chi connectivity index (χ2v) is 6.76. The van der Waals surface area contributed by atoms with Crippen LogP contribution in [0.2, 0.25) is 0 Å². The number of aromatic nitrogens is 1. The molecule has 1 saturated carbocycles. The summed E-state index contributed by atoms with van der Waals surface area (Å²) in [4.78, 5) is 13.2. The molecule has 0 aromatic carbocycles. The highest BCUT2D eigenvalue weighted by Gasteiger charge is 2.57. The fraction of sp³-hybridized carbons (Fsp3) is 0.714. The number of rotatable bonds is 5. The first-order valence-electron chi connectivity index (χ1n) is 6.80. The number of nitrogens with zero attached hydrogens (tertiary/aromatic N) is 2. The van der Waals surface area contributed by atoms with Crippen LogP contribution in [0.5, 0.6) is 0 Å². The number of amides is 1. The highest BCUT2D eigenvalue weighted by molar-refractivity contribution is 6.27. The molecule has 0 spiro atoms. The second-order valence-electron chi connectivity index (χ2n) is 6.49. The topological polar surface area (TPSA) is 46.3 Å². The standard InChI is InChI=1S/C14H19ClF2N2O2/c1-13(2,3)10-8-21-18-11(10)7-19(12(20)5-15)6-9-4-14(9,16)17/h8-9H,4-7H2,1-3H3. The lowest BCUT2D eigenvalue weighted by molar-refractivity contribution is -0.129. The Balaban J connectivity index is 2.12. The van der Waals surface area contributed by atoms with Gasteiger partial charge in [0.2, 0.25) is 5.91 Å². The van der Waals surface area contributed by atoms with Crippen molar-refractivity contribution in [1.82, 2.24) is 10.1 Å². The Bertz CT molecular complexity index is 525. The van der Waals surface area contributed by atoms with Crippen molar-refractivity contribution in [1.29, 1.82) is 0 Å². The minimum Gasteiger partial charge on any atom is -0.364 e. The van der Waals surface area contributed by atoms with E-state index < -0.39 is 11.8 Å². The van der Waals surface area contributed by atoms with Crippen molar-refractivity contribution < 1.29 is 18.1 Å². The van der Waals surface area contributed by atoms with Gasteiger partial charge in [-0.2, -0.15) is 0 Å². The van der Waals surface area contributed by atoms with Crippen molar-refractivity contribution in [3.05, 3.63) is 17.5 Å². The number of hydrogen-bond donors (Lipinski definition) is 0. The Labute approximate surface area is 127 Å². The molecule has 1 amide bonds. The highest BCUT2D eigenvalue weighted by Crippen LogP contribution is 2.49. The second kappa shape index (κ2) is 5.55. The minimum absolute atomic E-state index is 0.00496. The quantitative estimate of drug-likeness (QED) is 0.783. The molecular formula is C14H19ClF2N2O2. The highest BCUT2D eigenvalue weighted by atomic mass is 35.5. The Hall–Kier alpha value is -1.17. The van der Waals surface area contributed by atoms with Gasteiger partial charge in [0, 0.05) is 24.4 Å². The zero-order valence-corrected chi connectivity index (χ0v) is 13.1. The molecule has 1 aromatic heterocycles. The number of halogens is 3. The maximum Gasteiger partial charge on any atom is 0.253 e. The van der Waals surface area contributed by atoms with Crippen molar-refractivity contribution >= 4 is 17.5 Å². The molecule has 1 aliphatic carbocycles. The van der Waals surface area contributed by atoms with Crippen LogP contribution in [0.1, 0.15) is 38.4 Å². The molecule has 0 N–H and O–H groups in total. The van der Waals surface area contributed by atoms with E-state index in [4.69, 9.17) is 16.1 Å². The fourth-order valence-corrected chi connectivity index (χ4v) is 2.41. The van der Waals surface area contributed by atoms with Gasteiger partial charge in [-0.1, -0.05) is 25.9 Å². The summed E-state index contributed by atoms with van der Waals surface area (Å²) in [6, 6.07) is 0. The van der Waals surface area contributed by atoms with Crippen LogP contribution in [-0.2, 0) is 16.8 Å². The predicted molar refractivity (Wildman–Crippen MR) is 74.4 cm³/mol. The molecule has 21 heavy (non-hydrogen) atoms. The number of alkyl halides is 3. The van der Waals surface area contributed by atoms with Crippen molar-refractivity contribution in [2.24, 2.45) is 5.92 Å². The van der Waals surface area contributed by atoms with Gasteiger partial charge in [-0.3, -0.25) is 4.79 Å². The van der Waals surface area contributed by atoms with Crippen LogP contribution in [-0.4, -0.2) is 34.3 Å². The van der Waals surface area contributed by atoms with E-state index in [0.29, 0.717) is 5.69 Å². The molecule has 1 aliphatic rings. The summed E-state index contributed by atoms with van der Waals surface area (Å²) in [5.74, 6) is -4.06. The van der Waals surface area contributed by atoms with E-state index in [1.807, 2.05) is 20.8 Å². The van der Waals surface area contributed by atoms with E-state index in [1.165, 1.54) is 11.2 Å². The summed E-state index contributed by atoms with van der Waals surface area (Å²) in [5, 5.41) is 3.90. The molecule has 7 heteroatoms. The van der Waals surface area contributed by atoms with Crippen molar-refractivity contribution in [3.63, 3.8) is 0 Å². The zero-order chi connectivity index (χ0) is 15.8. The van der Waals surface area contributed by atoms with Gasteiger partial charge in [0.1, 0.15) is 17.8 Å². The summed E-state index contributed by atoms with van der Waals surface area (Å²) >= 11 is 5.57. The van der Waals surface area contributed by atoms with E-state index in [1.54, 1.807) is 0 Å². The maximum absolute atomic E-state index is 13.1. The molecular weight excluding hydrogens is 302 g/mol. The first-order chi connectivity index (χ1) is 9.65.